The number of carbonyl (C=O) groups excluding carboxylic acids is 1. The minimum absolute atomic E-state index is 0.0668. The van der Waals surface area contributed by atoms with Gasteiger partial charge in [-0.15, -0.1) is 0 Å². The van der Waals surface area contributed by atoms with Gasteiger partial charge < -0.3 is 9.84 Å². The van der Waals surface area contributed by atoms with Crippen LogP contribution in [0.15, 0.2) is 22.7 Å². The van der Waals surface area contributed by atoms with Gasteiger partial charge in [-0.25, -0.2) is 9.78 Å². The minimum Gasteiger partial charge on any atom is -0.505 e. The third-order valence-corrected chi connectivity index (χ3v) is 3.01. The summed E-state index contributed by atoms with van der Waals surface area (Å²) >= 11 is 3.28. The highest BCUT2D eigenvalue weighted by Gasteiger charge is 2.20. The molecule has 0 unspecified atom stereocenters. The van der Waals surface area contributed by atoms with E-state index in [0.717, 1.165) is 4.47 Å². The summed E-state index contributed by atoms with van der Waals surface area (Å²) in [5, 5.41) is 20.0. The largest absolute Gasteiger partial charge is 0.505 e. The van der Waals surface area contributed by atoms with E-state index in [1.165, 1.54) is 0 Å². The van der Waals surface area contributed by atoms with Crippen LogP contribution in [-0.4, -0.2) is 22.7 Å². The van der Waals surface area contributed by atoms with Crippen LogP contribution in [0.5, 0.6) is 5.75 Å². The van der Waals surface area contributed by atoms with Gasteiger partial charge in [0.2, 0.25) is 0 Å². The molecule has 5 nitrogen and oxygen atoms in total. The van der Waals surface area contributed by atoms with Crippen LogP contribution in [0.3, 0.4) is 0 Å². The van der Waals surface area contributed by atoms with Gasteiger partial charge in [-0.2, -0.15) is 5.26 Å². The second-order valence-electron chi connectivity index (χ2n) is 3.68. The molecule has 1 aromatic heterocycles. The van der Waals surface area contributed by atoms with Gasteiger partial charge in [-0.05, 0) is 25.1 Å². The lowest BCUT2D eigenvalue weighted by Gasteiger charge is -2.08. The lowest BCUT2D eigenvalue weighted by molar-refractivity contribution is 0.0516. The van der Waals surface area contributed by atoms with E-state index in [1.807, 2.05) is 6.07 Å². The van der Waals surface area contributed by atoms with Gasteiger partial charge in [0.1, 0.15) is 11.8 Å². The Labute approximate surface area is 117 Å². The van der Waals surface area contributed by atoms with Gasteiger partial charge in [0.05, 0.1) is 6.61 Å². The number of fused-ring (bicyclic) bond motifs is 1. The van der Waals surface area contributed by atoms with Crippen LogP contribution in [0.25, 0.3) is 10.8 Å². The van der Waals surface area contributed by atoms with Gasteiger partial charge in [0.15, 0.2) is 11.4 Å². The maximum absolute atomic E-state index is 11.7. The Balaban J connectivity index is 2.76. The summed E-state index contributed by atoms with van der Waals surface area (Å²) in [4.78, 5) is 15.6. The molecule has 0 atom stereocenters. The molecule has 2 rings (SSSR count). The molecule has 0 fully saturated rings. The molecule has 2 aromatic rings. The van der Waals surface area contributed by atoms with Crippen LogP contribution in [0.4, 0.5) is 0 Å². The van der Waals surface area contributed by atoms with Gasteiger partial charge >= 0.3 is 5.97 Å². The predicted molar refractivity (Wildman–Crippen MR) is 71.8 cm³/mol. The molecule has 0 spiro atoms. The number of ether oxygens (including phenoxy) is 1. The number of halogens is 1. The zero-order valence-corrected chi connectivity index (χ0v) is 11.6. The maximum Gasteiger partial charge on any atom is 0.360 e. The molecule has 0 saturated carbocycles. The SMILES string of the molecule is CCOC(=O)c1nc(C#N)c2cc(Br)ccc2c1O. The van der Waals surface area contributed by atoms with Crippen LogP contribution in [0, 0.1) is 11.3 Å². The number of rotatable bonds is 2. The molecular weight excluding hydrogens is 312 g/mol. The predicted octanol–water partition coefficient (Wildman–Crippen LogP) is 2.75. The number of esters is 1. The van der Waals surface area contributed by atoms with Crippen molar-refractivity contribution in [1.29, 1.82) is 5.26 Å². The molecule has 1 N–H and O–H groups in total. The Bertz CT molecular complexity index is 707. The first-order chi connectivity index (χ1) is 9.08. The highest BCUT2D eigenvalue weighted by atomic mass is 79.9. The quantitative estimate of drug-likeness (QED) is 0.860. The highest BCUT2D eigenvalue weighted by molar-refractivity contribution is 9.10. The number of nitriles is 1. The van der Waals surface area contributed by atoms with Crippen molar-refractivity contribution in [3.05, 3.63) is 34.1 Å². The first-order valence-electron chi connectivity index (χ1n) is 5.48. The van der Waals surface area contributed by atoms with Crippen molar-refractivity contribution in [1.82, 2.24) is 4.98 Å². The number of carbonyl (C=O) groups is 1. The first kappa shape index (κ1) is 13.3. The van der Waals surface area contributed by atoms with E-state index in [1.54, 1.807) is 25.1 Å². The molecule has 0 amide bonds. The van der Waals surface area contributed by atoms with Gasteiger partial charge in [0.25, 0.3) is 0 Å². The molecule has 96 valence electrons. The lowest BCUT2D eigenvalue weighted by Crippen LogP contribution is -2.09. The van der Waals surface area contributed by atoms with E-state index in [0.29, 0.717) is 10.8 Å². The smallest absolute Gasteiger partial charge is 0.360 e. The summed E-state index contributed by atoms with van der Waals surface area (Å²) < 4.78 is 5.55. The fourth-order valence-electron chi connectivity index (χ4n) is 1.70. The van der Waals surface area contributed by atoms with Crippen LogP contribution in [-0.2, 0) is 4.74 Å². The number of aromatic nitrogens is 1. The molecule has 19 heavy (non-hydrogen) atoms. The van der Waals surface area contributed by atoms with Crippen molar-refractivity contribution in [2.45, 2.75) is 6.92 Å². The molecule has 0 aliphatic rings. The summed E-state index contributed by atoms with van der Waals surface area (Å²) in [6.07, 6.45) is 0. The van der Waals surface area contributed by atoms with Crippen molar-refractivity contribution in [3.63, 3.8) is 0 Å². The summed E-state index contributed by atoms with van der Waals surface area (Å²) in [7, 11) is 0. The summed E-state index contributed by atoms with van der Waals surface area (Å²) in [6, 6.07) is 6.89. The first-order valence-corrected chi connectivity index (χ1v) is 6.27. The molecule has 0 bridgehead atoms. The second kappa shape index (κ2) is 5.24. The molecule has 0 saturated heterocycles. The number of hydrogen-bond donors (Lipinski definition) is 1. The molecular formula is C13H9BrN2O3. The van der Waals surface area contributed by atoms with Crippen LogP contribution in [0.1, 0.15) is 23.1 Å². The Morgan fingerprint density at radius 3 is 2.89 bits per heavy atom. The lowest BCUT2D eigenvalue weighted by atomic mass is 10.1. The Morgan fingerprint density at radius 1 is 1.53 bits per heavy atom. The zero-order valence-electron chi connectivity index (χ0n) is 9.98. The maximum atomic E-state index is 11.7. The fraction of sp³-hybridized carbons (Fsp3) is 0.154. The standard InChI is InChI=1S/C13H9BrN2O3/c1-2-19-13(18)11-12(17)8-4-3-7(14)5-9(8)10(6-15)16-11/h3-5,17H,2H2,1H3. The van der Waals surface area contributed by atoms with E-state index >= 15 is 0 Å². The molecule has 0 radical (unpaired) electrons. The molecule has 1 heterocycles. The second-order valence-corrected chi connectivity index (χ2v) is 4.60. The zero-order chi connectivity index (χ0) is 14.0. The summed E-state index contributed by atoms with van der Waals surface area (Å²) in [6.45, 7) is 1.82. The molecule has 6 heteroatoms. The van der Waals surface area contributed by atoms with E-state index < -0.39 is 5.97 Å². The fourth-order valence-corrected chi connectivity index (χ4v) is 2.06. The van der Waals surface area contributed by atoms with Crippen molar-refractivity contribution in [2.24, 2.45) is 0 Å². The summed E-state index contributed by atoms with van der Waals surface area (Å²) in [5.74, 6) is -1.03. The van der Waals surface area contributed by atoms with Crippen LogP contribution in [0.2, 0.25) is 0 Å². The van der Waals surface area contributed by atoms with E-state index in [2.05, 4.69) is 20.9 Å². The number of nitrogens with zero attached hydrogens (tertiary/aromatic N) is 2. The van der Waals surface area contributed by atoms with Crippen molar-refractivity contribution < 1.29 is 14.6 Å². The van der Waals surface area contributed by atoms with E-state index in [4.69, 9.17) is 10.00 Å². The van der Waals surface area contributed by atoms with Gasteiger partial charge in [-0.1, -0.05) is 15.9 Å². The monoisotopic (exact) mass is 320 g/mol. The van der Waals surface area contributed by atoms with Gasteiger partial charge in [0, 0.05) is 15.2 Å². The van der Waals surface area contributed by atoms with Gasteiger partial charge in [-0.3, -0.25) is 0 Å². The van der Waals surface area contributed by atoms with Crippen molar-refractivity contribution >= 4 is 32.7 Å². The minimum atomic E-state index is -0.749. The van der Waals surface area contributed by atoms with Crippen molar-refractivity contribution in [2.75, 3.05) is 6.61 Å². The molecule has 0 aliphatic carbocycles. The number of benzene rings is 1. The highest BCUT2D eigenvalue weighted by Crippen LogP contribution is 2.31. The van der Waals surface area contributed by atoms with Crippen molar-refractivity contribution in [3.8, 4) is 11.8 Å². The number of hydrogen-bond acceptors (Lipinski definition) is 5. The Morgan fingerprint density at radius 2 is 2.26 bits per heavy atom. The van der Waals surface area contributed by atoms with Crippen LogP contribution < -0.4 is 0 Å². The number of pyridine rings is 1. The normalized spacial score (nSPS) is 10.2. The average molecular weight is 321 g/mol. The topological polar surface area (TPSA) is 83.2 Å². The van der Waals surface area contributed by atoms with E-state index in [9.17, 15) is 9.90 Å². The Kier molecular flexibility index (Phi) is 3.67. The third kappa shape index (κ3) is 2.37. The number of aromatic hydroxyl groups is 1. The summed E-state index contributed by atoms with van der Waals surface area (Å²) in [5.41, 5.74) is -0.176. The van der Waals surface area contributed by atoms with E-state index in [-0.39, 0.29) is 23.7 Å². The third-order valence-electron chi connectivity index (χ3n) is 2.51. The Hall–Kier alpha value is -2.13. The van der Waals surface area contributed by atoms with Crippen LogP contribution >= 0.6 is 15.9 Å². The average Bonchev–Trinajstić information content (AvgIpc) is 2.39. The molecule has 0 aliphatic heterocycles. The molecule has 1 aromatic carbocycles.